The number of urea groups is 1. The lowest BCUT2D eigenvalue weighted by molar-refractivity contribution is 0.243. The van der Waals surface area contributed by atoms with Crippen LogP contribution in [0.4, 0.5) is 4.79 Å². The Morgan fingerprint density at radius 3 is 3.00 bits per heavy atom. The molecule has 1 heterocycles. The normalized spacial score (nSPS) is 9.69. The van der Waals surface area contributed by atoms with Crippen molar-refractivity contribution in [2.75, 3.05) is 13.6 Å². The summed E-state index contributed by atoms with van der Waals surface area (Å²) in [5.74, 6) is 0. The second kappa shape index (κ2) is 4.81. The van der Waals surface area contributed by atoms with Crippen LogP contribution in [0.2, 0.25) is 0 Å². The first-order chi connectivity index (χ1) is 6.22. The number of hydrogen-bond acceptors (Lipinski definition) is 3. The first kappa shape index (κ1) is 9.98. The molecule has 2 amide bonds. The highest BCUT2D eigenvalue weighted by molar-refractivity contribution is 7.09. The van der Waals surface area contributed by atoms with E-state index >= 15 is 0 Å². The largest absolute Gasteiger partial charge is 0.341 e. The summed E-state index contributed by atoms with van der Waals surface area (Å²) in [6.45, 7) is 2.60. The van der Waals surface area contributed by atoms with Crippen LogP contribution < -0.4 is 10.6 Å². The Morgan fingerprint density at radius 1 is 1.69 bits per heavy atom. The molecule has 5 heteroatoms. The van der Waals surface area contributed by atoms with Crippen LogP contribution in [0.25, 0.3) is 0 Å². The highest BCUT2D eigenvalue weighted by atomic mass is 32.1. The number of hydrogen-bond donors (Lipinski definition) is 2. The molecule has 0 radical (unpaired) electrons. The molecule has 0 unspecified atom stereocenters. The van der Waals surface area contributed by atoms with Gasteiger partial charge in [-0.1, -0.05) is 0 Å². The molecule has 0 fully saturated rings. The van der Waals surface area contributed by atoms with Gasteiger partial charge in [0.1, 0.15) is 0 Å². The summed E-state index contributed by atoms with van der Waals surface area (Å²) in [7, 11) is 1.60. The number of nitrogens with one attached hydrogen (secondary N) is 2. The molecule has 1 aromatic heterocycles. The van der Waals surface area contributed by atoms with Crippen molar-refractivity contribution >= 4 is 17.4 Å². The monoisotopic (exact) mass is 199 g/mol. The number of nitrogens with zero attached hydrogens (tertiary/aromatic N) is 1. The van der Waals surface area contributed by atoms with E-state index in [9.17, 15) is 4.79 Å². The van der Waals surface area contributed by atoms with Gasteiger partial charge in [0, 0.05) is 31.1 Å². The van der Waals surface area contributed by atoms with Crippen LogP contribution >= 0.6 is 11.3 Å². The first-order valence-corrected chi connectivity index (χ1v) is 4.97. The summed E-state index contributed by atoms with van der Waals surface area (Å²) >= 11 is 1.63. The summed E-state index contributed by atoms with van der Waals surface area (Å²) in [5, 5.41) is 8.27. The third kappa shape index (κ3) is 3.42. The van der Waals surface area contributed by atoms with Gasteiger partial charge < -0.3 is 10.6 Å². The average molecular weight is 199 g/mol. The number of carbonyl (C=O) groups excluding carboxylic acids is 1. The summed E-state index contributed by atoms with van der Waals surface area (Å²) < 4.78 is 0. The maximum atomic E-state index is 10.8. The van der Waals surface area contributed by atoms with E-state index in [-0.39, 0.29) is 6.03 Å². The predicted molar refractivity (Wildman–Crippen MR) is 53.0 cm³/mol. The molecular weight excluding hydrogens is 186 g/mol. The molecule has 1 aromatic rings. The smallest absolute Gasteiger partial charge is 0.314 e. The van der Waals surface area contributed by atoms with E-state index in [2.05, 4.69) is 15.6 Å². The zero-order chi connectivity index (χ0) is 9.68. The van der Waals surface area contributed by atoms with E-state index < -0.39 is 0 Å². The molecule has 0 saturated carbocycles. The number of amides is 2. The minimum Gasteiger partial charge on any atom is -0.341 e. The second-order valence-corrected chi connectivity index (χ2v) is 3.58. The van der Waals surface area contributed by atoms with Gasteiger partial charge in [0.05, 0.1) is 5.01 Å². The van der Waals surface area contributed by atoms with Gasteiger partial charge in [-0.3, -0.25) is 0 Å². The van der Waals surface area contributed by atoms with E-state index in [0.717, 1.165) is 17.1 Å². The molecule has 0 aliphatic carbocycles. The third-order valence-corrected chi connectivity index (χ3v) is 2.54. The predicted octanol–water partition coefficient (Wildman–Crippen LogP) is 0.923. The molecule has 0 aromatic carbocycles. The van der Waals surface area contributed by atoms with Crippen molar-refractivity contribution in [2.45, 2.75) is 13.3 Å². The molecule has 0 spiro atoms. The standard InChI is InChI=1S/C8H13N3OS/c1-6-5-13-7(11-6)3-4-10-8(12)9-2/h5H,3-4H2,1-2H3,(H2,9,10,12). The molecule has 0 saturated heterocycles. The molecule has 0 aliphatic heterocycles. The van der Waals surface area contributed by atoms with Crippen LogP contribution in [0, 0.1) is 6.92 Å². The fraction of sp³-hybridized carbons (Fsp3) is 0.500. The quantitative estimate of drug-likeness (QED) is 0.760. The van der Waals surface area contributed by atoms with E-state index in [4.69, 9.17) is 0 Å². The molecule has 0 bridgehead atoms. The Balaban J connectivity index is 2.24. The molecule has 0 atom stereocenters. The third-order valence-electron chi connectivity index (χ3n) is 1.52. The molecule has 0 aliphatic rings. The number of rotatable bonds is 3. The lowest BCUT2D eigenvalue weighted by Gasteiger charge is -2.01. The fourth-order valence-corrected chi connectivity index (χ4v) is 1.66. The number of aromatic nitrogens is 1. The van der Waals surface area contributed by atoms with Crippen molar-refractivity contribution in [1.29, 1.82) is 0 Å². The van der Waals surface area contributed by atoms with Crippen molar-refractivity contribution < 1.29 is 4.79 Å². The zero-order valence-corrected chi connectivity index (χ0v) is 8.57. The lowest BCUT2D eigenvalue weighted by atomic mass is 10.4. The number of aryl methyl sites for hydroxylation is 1. The van der Waals surface area contributed by atoms with Crippen LogP contribution in [-0.2, 0) is 6.42 Å². The van der Waals surface area contributed by atoms with Gasteiger partial charge in [-0.25, -0.2) is 9.78 Å². The van der Waals surface area contributed by atoms with E-state index in [1.54, 1.807) is 18.4 Å². The Kier molecular flexibility index (Phi) is 3.70. The van der Waals surface area contributed by atoms with Crippen LogP contribution in [0.5, 0.6) is 0 Å². The second-order valence-electron chi connectivity index (χ2n) is 2.64. The van der Waals surface area contributed by atoms with Gasteiger partial charge >= 0.3 is 6.03 Å². The van der Waals surface area contributed by atoms with Crippen LogP contribution in [0.15, 0.2) is 5.38 Å². The molecule has 4 nitrogen and oxygen atoms in total. The summed E-state index contributed by atoms with van der Waals surface area (Å²) in [5.41, 5.74) is 1.04. The number of thiazole rings is 1. The van der Waals surface area contributed by atoms with E-state index in [1.807, 2.05) is 12.3 Å². The molecule has 1 rings (SSSR count). The topological polar surface area (TPSA) is 54.0 Å². The maximum absolute atomic E-state index is 10.8. The van der Waals surface area contributed by atoms with Gasteiger partial charge in [-0.05, 0) is 6.92 Å². The van der Waals surface area contributed by atoms with Crippen LogP contribution in [-0.4, -0.2) is 24.6 Å². The van der Waals surface area contributed by atoms with Crippen molar-refractivity contribution in [3.8, 4) is 0 Å². The zero-order valence-electron chi connectivity index (χ0n) is 7.76. The van der Waals surface area contributed by atoms with E-state index in [0.29, 0.717) is 6.54 Å². The Bertz CT molecular complexity index is 285. The SMILES string of the molecule is CNC(=O)NCCc1nc(C)cs1. The first-order valence-electron chi connectivity index (χ1n) is 4.09. The minimum absolute atomic E-state index is 0.145. The van der Waals surface area contributed by atoms with Crippen molar-refractivity contribution in [3.63, 3.8) is 0 Å². The summed E-state index contributed by atoms with van der Waals surface area (Å²) in [6.07, 6.45) is 0.798. The van der Waals surface area contributed by atoms with Crippen molar-refractivity contribution in [3.05, 3.63) is 16.1 Å². The summed E-state index contributed by atoms with van der Waals surface area (Å²) in [4.78, 5) is 15.0. The molecule has 13 heavy (non-hydrogen) atoms. The van der Waals surface area contributed by atoms with Gasteiger partial charge in [0.25, 0.3) is 0 Å². The highest BCUT2D eigenvalue weighted by Crippen LogP contribution is 2.08. The van der Waals surface area contributed by atoms with E-state index in [1.165, 1.54) is 0 Å². The maximum Gasteiger partial charge on any atom is 0.314 e. The Hall–Kier alpha value is -1.10. The molecule has 72 valence electrons. The van der Waals surface area contributed by atoms with Gasteiger partial charge in [0.15, 0.2) is 0 Å². The van der Waals surface area contributed by atoms with Gasteiger partial charge in [-0.15, -0.1) is 11.3 Å². The van der Waals surface area contributed by atoms with Crippen LogP contribution in [0.3, 0.4) is 0 Å². The highest BCUT2D eigenvalue weighted by Gasteiger charge is 1.99. The van der Waals surface area contributed by atoms with Gasteiger partial charge in [0.2, 0.25) is 0 Å². The van der Waals surface area contributed by atoms with Crippen LogP contribution in [0.1, 0.15) is 10.7 Å². The Morgan fingerprint density at radius 2 is 2.46 bits per heavy atom. The summed E-state index contributed by atoms with van der Waals surface area (Å²) in [6, 6.07) is -0.145. The van der Waals surface area contributed by atoms with Crippen molar-refractivity contribution in [2.24, 2.45) is 0 Å². The Labute approximate surface area is 81.4 Å². The molecule has 2 N–H and O–H groups in total. The number of carbonyl (C=O) groups is 1. The average Bonchev–Trinajstić information content (AvgIpc) is 2.51. The minimum atomic E-state index is -0.145. The fourth-order valence-electron chi connectivity index (χ4n) is 0.889. The van der Waals surface area contributed by atoms with Gasteiger partial charge in [-0.2, -0.15) is 0 Å². The lowest BCUT2D eigenvalue weighted by Crippen LogP contribution is -2.33. The van der Waals surface area contributed by atoms with Crippen molar-refractivity contribution in [1.82, 2.24) is 15.6 Å². The molecular formula is C8H13N3OS.